The Morgan fingerprint density at radius 3 is 1.41 bits per heavy atom. The van der Waals surface area contributed by atoms with E-state index < -0.39 is 223 Å². The van der Waals surface area contributed by atoms with Gasteiger partial charge in [-0.15, -0.1) is 0 Å². The van der Waals surface area contributed by atoms with Crippen LogP contribution in [0.15, 0.2) is 30.3 Å². The summed E-state index contributed by atoms with van der Waals surface area (Å²) >= 11 is 0. The third-order valence-electron chi connectivity index (χ3n) is 13.3. The van der Waals surface area contributed by atoms with Crippen molar-refractivity contribution in [2.45, 2.75) is 187 Å². The molecule has 1 aromatic rings. The Balaban J connectivity index is 1.68. The number of nitrogens with zero attached hydrogens (tertiary/aromatic N) is 2. The lowest BCUT2D eigenvalue weighted by atomic mass is 9.98. The van der Waals surface area contributed by atoms with Crippen molar-refractivity contribution in [3.05, 3.63) is 35.9 Å². The van der Waals surface area contributed by atoms with E-state index in [1.54, 1.807) is 0 Å². The van der Waals surface area contributed by atoms with Gasteiger partial charge in [-0.25, -0.2) is 0 Å². The Kier molecular flexibility index (Phi) is 31.3. The first kappa shape index (κ1) is 75.0. The number of rotatable bonds is 33. The number of aliphatic hydroxyl groups excluding tert-OH is 3. The maximum atomic E-state index is 14.8. The zero-order valence-corrected chi connectivity index (χ0v) is 51.4. The van der Waals surface area contributed by atoms with E-state index in [1.807, 2.05) is 30.3 Å². The number of carbonyl (C=O) groups excluding carboxylic acids is 12. The van der Waals surface area contributed by atoms with Crippen LogP contribution in [0.2, 0.25) is 0 Å². The Morgan fingerprint density at radius 1 is 0.478 bits per heavy atom. The molecule has 0 spiro atoms. The molecule has 3 saturated heterocycles. The molecule has 1 aromatic carbocycles. The minimum atomic E-state index is -1.94. The SMILES string of the molecule is CC(=O)OC[C@H]1O[C@H](OCCN(CCO[C@H]2O[C@H](COC(C)=O)[C@@H](OC(C)=O)[C@H](OC(C)=O)[C@@H]2OC(C)=O)C(=O)CN(CC(=O)NCCCCCC(=O)OCc2ccccc2)CC(=O)O[C@@H]2O[C@@H](C)[C@@H](O)[C@@H](O)[C@@H]2O)[C@@H](OC(C)=O)[C@@H](OC(C)=O)[C@@H]1OC(C)=O. The third-order valence-corrected chi connectivity index (χ3v) is 13.3. The number of carbonyl (C=O) groups is 12. The van der Waals surface area contributed by atoms with Gasteiger partial charge in [-0.05, 0) is 25.3 Å². The van der Waals surface area contributed by atoms with E-state index >= 15 is 0 Å². The standard InChI is InChI=1S/C57H81N3O30/c1-30-46(73)47(74)48(75)55(81-30)90-45(72)26-59(24-42(69)58-19-15-11-14-18-44(71)80-27-39-16-12-10-13-17-39)25-43(70)60(20-22-76-56-53(86-37(8)67)51(84-35(6)65)49(82-33(4)63)40(88-56)28-78-31(2)61)21-23-77-57-54(87-38(9)68)52(85-36(7)66)50(83-34(5)64)41(89-57)29-79-32(3)62/h10,12-13,16-17,30,40-41,46-57,73-75H,11,14-15,18-29H2,1-9H3,(H,58,69)/t30-,40+,41+,46+,47+,48-,49+,50+,51-,52-,53-,54-,55-,56-,57-/m0/s1. The molecule has 15 atom stereocenters. The summed E-state index contributed by atoms with van der Waals surface area (Å²) in [6, 6.07) is 9.08. The zero-order valence-electron chi connectivity index (χ0n) is 51.4. The van der Waals surface area contributed by atoms with Crippen LogP contribution in [0.4, 0.5) is 0 Å². The van der Waals surface area contributed by atoms with Crippen LogP contribution >= 0.6 is 0 Å². The van der Waals surface area contributed by atoms with E-state index in [2.05, 4.69) is 5.32 Å². The Bertz CT molecular complexity index is 2490. The highest BCUT2D eigenvalue weighted by Crippen LogP contribution is 2.32. The van der Waals surface area contributed by atoms with Crippen molar-refractivity contribution >= 4 is 71.5 Å². The lowest BCUT2D eigenvalue weighted by Crippen LogP contribution is -2.63. The predicted octanol–water partition coefficient (Wildman–Crippen LogP) is -1.89. The Hall–Kier alpha value is -7.50. The molecule has 3 heterocycles. The van der Waals surface area contributed by atoms with E-state index in [1.165, 1.54) is 6.92 Å². The van der Waals surface area contributed by atoms with E-state index in [9.17, 15) is 72.9 Å². The number of unbranched alkanes of at least 4 members (excludes halogenated alkanes) is 2. The second-order valence-electron chi connectivity index (χ2n) is 20.9. The lowest BCUT2D eigenvalue weighted by Gasteiger charge is -2.44. The van der Waals surface area contributed by atoms with Gasteiger partial charge in [-0.3, -0.25) is 62.4 Å². The minimum absolute atomic E-state index is 0.0730. The number of benzene rings is 1. The van der Waals surface area contributed by atoms with Crippen LogP contribution in [-0.2, 0) is 135 Å². The Labute approximate surface area is 517 Å². The largest absolute Gasteiger partial charge is 0.463 e. The number of aliphatic hydroxyl groups is 3. The van der Waals surface area contributed by atoms with Gasteiger partial charge in [0.15, 0.2) is 49.2 Å². The van der Waals surface area contributed by atoms with Gasteiger partial charge in [-0.1, -0.05) is 36.8 Å². The second-order valence-corrected chi connectivity index (χ2v) is 20.9. The molecule has 0 radical (unpaired) electrons. The number of esters is 10. The molecular formula is C57H81N3O30. The van der Waals surface area contributed by atoms with Gasteiger partial charge in [0, 0.05) is 81.4 Å². The monoisotopic (exact) mass is 1290 g/mol. The fraction of sp³-hybridized carbons (Fsp3) is 0.684. The molecule has 4 N–H and O–H groups in total. The fourth-order valence-corrected chi connectivity index (χ4v) is 9.35. The molecule has 3 aliphatic rings. The molecule has 0 aromatic heterocycles. The van der Waals surface area contributed by atoms with Crippen LogP contribution in [0.25, 0.3) is 0 Å². The van der Waals surface area contributed by atoms with Crippen molar-refractivity contribution in [3.63, 3.8) is 0 Å². The van der Waals surface area contributed by atoms with Crippen molar-refractivity contribution in [1.82, 2.24) is 15.1 Å². The molecule has 2 amide bonds. The molecule has 0 aliphatic carbocycles. The van der Waals surface area contributed by atoms with Gasteiger partial charge in [0.2, 0.25) is 18.1 Å². The van der Waals surface area contributed by atoms with E-state index in [-0.39, 0.29) is 19.6 Å². The van der Waals surface area contributed by atoms with Gasteiger partial charge in [0.05, 0.1) is 39.0 Å². The molecule has 504 valence electrons. The normalized spacial score (nSPS) is 26.3. The highest BCUT2D eigenvalue weighted by atomic mass is 16.8. The van der Waals surface area contributed by atoms with E-state index in [4.69, 9.17) is 71.1 Å². The quantitative estimate of drug-likeness (QED) is 0.0339. The summed E-state index contributed by atoms with van der Waals surface area (Å²) in [5.41, 5.74) is 0.813. The molecule has 90 heavy (non-hydrogen) atoms. The molecule has 4 rings (SSSR count). The highest BCUT2D eigenvalue weighted by Gasteiger charge is 2.54. The van der Waals surface area contributed by atoms with Crippen LogP contribution in [0.1, 0.15) is 93.6 Å². The second kappa shape index (κ2) is 37.6. The van der Waals surface area contributed by atoms with E-state index in [0.29, 0.717) is 19.3 Å². The molecule has 0 unspecified atom stereocenters. The molecule has 3 aliphatic heterocycles. The van der Waals surface area contributed by atoms with Gasteiger partial charge < -0.3 is 96.6 Å². The van der Waals surface area contributed by atoms with Crippen LogP contribution < -0.4 is 5.32 Å². The zero-order chi connectivity index (χ0) is 66.8. The topological polar surface area (TPSA) is 422 Å². The smallest absolute Gasteiger partial charge is 0.322 e. The minimum Gasteiger partial charge on any atom is -0.463 e. The number of hydrogen-bond donors (Lipinski definition) is 4. The summed E-state index contributed by atoms with van der Waals surface area (Å²) in [5.74, 6) is -10.5. The first-order valence-corrected chi connectivity index (χ1v) is 28.7. The molecule has 33 nitrogen and oxygen atoms in total. The Morgan fingerprint density at radius 2 is 0.944 bits per heavy atom. The molecule has 3 fully saturated rings. The molecular weight excluding hydrogens is 1210 g/mol. The maximum absolute atomic E-state index is 14.8. The van der Waals surface area contributed by atoms with Crippen molar-refractivity contribution in [2.75, 3.05) is 65.7 Å². The van der Waals surface area contributed by atoms with Crippen molar-refractivity contribution < 1.29 is 144 Å². The third kappa shape index (κ3) is 25.8. The number of amides is 2. The summed E-state index contributed by atoms with van der Waals surface area (Å²) in [6.45, 7) is 3.82. The van der Waals surface area contributed by atoms with Crippen LogP contribution in [-0.4, -0.2) is 254 Å². The molecule has 0 saturated carbocycles. The number of ether oxygens (including phenoxy) is 15. The van der Waals surface area contributed by atoms with Gasteiger partial charge in [0.25, 0.3) is 0 Å². The summed E-state index contributed by atoms with van der Waals surface area (Å²) in [7, 11) is 0. The van der Waals surface area contributed by atoms with Crippen LogP contribution in [0, 0.1) is 0 Å². The van der Waals surface area contributed by atoms with Gasteiger partial charge in [-0.2, -0.15) is 0 Å². The van der Waals surface area contributed by atoms with Crippen molar-refractivity contribution in [2.24, 2.45) is 0 Å². The lowest BCUT2D eigenvalue weighted by molar-refractivity contribution is -0.309. The van der Waals surface area contributed by atoms with Gasteiger partial charge in [0.1, 0.15) is 50.3 Å². The summed E-state index contributed by atoms with van der Waals surface area (Å²) in [4.78, 5) is 156. The predicted molar refractivity (Wildman–Crippen MR) is 295 cm³/mol. The summed E-state index contributed by atoms with van der Waals surface area (Å²) < 4.78 is 83.5. The molecule has 0 bridgehead atoms. The average Bonchev–Trinajstić information content (AvgIpc) is 0.856. The van der Waals surface area contributed by atoms with Crippen LogP contribution in [0.5, 0.6) is 0 Å². The summed E-state index contributed by atoms with van der Waals surface area (Å²) in [5, 5.41) is 34.0. The van der Waals surface area contributed by atoms with Gasteiger partial charge >= 0.3 is 59.7 Å². The molecule has 33 heteroatoms. The van der Waals surface area contributed by atoms with Crippen molar-refractivity contribution in [1.29, 1.82) is 0 Å². The first-order valence-electron chi connectivity index (χ1n) is 28.7. The fourth-order valence-electron chi connectivity index (χ4n) is 9.35. The first-order chi connectivity index (χ1) is 42.5. The van der Waals surface area contributed by atoms with Crippen LogP contribution in [0.3, 0.4) is 0 Å². The highest BCUT2D eigenvalue weighted by molar-refractivity contribution is 5.83. The number of nitrogens with one attached hydrogen (secondary N) is 1. The maximum Gasteiger partial charge on any atom is 0.322 e. The summed E-state index contributed by atoms with van der Waals surface area (Å²) in [6.07, 6.45) is -23.2. The number of hydrogen-bond acceptors (Lipinski definition) is 31. The average molecular weight is 1290 g/mol. The van der Waals surface area contributed by atoms with Crippen molar-refractivity contribution in [3.8, 4) is 0 Å². The van der Waals surface area contributed by atoms with E-state index in [0.717, 1.165) is 70.8 Å².